The Morgan fingerprint density at radius 1 is 1.14 bits per heavy atom. The number of ether oxygens (including phenoxy) is 1. The lowest BCUT2D eigenvalue weighted by molar-refractivity contribution is 0.195. The van der Waals surface area contributed by atoms with Crippen LogP contribution < -0.4 is 4.74 Å². The van der Waals surface area contributed by atoms with Gasteiger partial charge in [0.15, 0.2) is 5.82 Å². The first-order valence-electron chi connectivity index (χ1n) is 6.54. The summed E-state index contributed by atoms with van der Waals surface area (Å²) in [6.45, 7) is 1.86. The SMILES string of the molecule is COc1ccccc1-c1nc(C)c(-c2cccnc2)n1O. The second-order valence-corrected chi connectivity index (χ2v) is 4.62. The molecule has 0 fully saturated rings. The van der Waals surface area contributed by atoms with Crippen LogP contribution in [0, 0.1) is 6.92 Å². The number of pyridine rings is 1. The molecule has 5 heteroatoms. The molecule has 0 radical (unpaired) electrons. The number of rotatable bonds is 3. The third kappa shape index (κ3) is 2.23. The van der Waals surface area contributed by atoms with Crippen LogP contribution in [0.2, 0.25) is 0 Å². The Kier molecular flexibility index (Phi) is 3.31. The van der Waals surface area contributed by atoms with Gasteiger partial charge in [0.2, 0.25) is 0 Å². The molecule has 0 saturated carbocycles. The highest BCUT2D eigenvalue weighted by atomic mass is 16.5. The van der Waals surface area contributed by atoms with E-state index in [1.54, 1.807) is 19.5 Å². The zero-order valence-electron chi connectivity index (χ0n) is 11.8. The van der Waals surface area contributed by atoms with Gasteiger partial charge < -0.3 is 9.94 Å². The topological polar surface area (TPSA) is 60.2 Å². The molecule has 21 heavy (non-hydrogen) atoms. The van der Waals surface area contributed by atoms with Gasteiger partial charge >= 0.3 is 0 Å². The molecule has 1 N–H and O–H groups in total. The van der Waals surface area contributed by atoms with E-state index in [-0.39, 0.29) is 0 Å². The van der Waals surface area contributed by atoms with Crippen molar-refractivity contribution in [2.45, 2.75) is 6.92 Å². The fraction of sp³-hybridized carbons (Fsp3) is 0.125. The maximum absolute atomic E-state index is 10.5. The Hall–Kier alpha value is -2.82. The van der Waals surface area contributed by atoms with Crippen molar-refractivity contribution in [2.24, 2.45) is 0 Å². The highest BCUT2D eigenvalue weighted by molar-refractivity contribution is 5.70. The minimum Gasteiger partial charge on any atom is -0.496 e. The van der Waals surface area contributed by atoms with E-state index < -0.39 is 0 Å². The van der Waals surface area contributed by atoms with Crippen molar-refractivity contribution in [1.82, 2.24) is 14.7 Å². The van der Waals surface area contributed by atoms with Gasteiger partial charge in [0.05, 0.1) is 18.4 Å². The van der Waals surface area contributed by atoms with E-state index in [1.807, 2.05) is 43.3 Å². The number of aryl methyl sites for hydroxylation is 1. The minimum absolute atomic E-state index is 0.448. The van der Waals surface area contributed by atoms with Gasteiger partial charge in [-0.1, -0.05) is 12.1 Å². The smallest absolute Gasteiger partial charge is 0.180 e. The molecule has 0 bridgehead atoms. The summed E-state index contributed by atoms with van der Waals surface area (Å²) in [5.41, 5.74) is 2.90. The van der Waals surface area contributed by atoms with Gasteiger partial charge in [0.25, 0.3) is 0 Å². The van der Waals surface area contributed by atoms with Crippen molar-refractivity contribution in [3.63, 3.8) is 0 Å². The summed E-state index contributed by atoms with van der Waals surface area (Å²) in [5, 5.41) is 10.5. The van der Waals surface area contributed by atoms with Gasteiger partial charge in [-0.05, 0) is 31.2 Å². The maximum Gasteiger partial charge on any atom is 0.180 e. The molecule has 0 unspecified atom stereocenters. The van der Waals surface area contributed by atoms with Crippen LogP contribution in [0.5, 0.6) is 5.75 Å². The number of methoxy groups -OCH3 is 1. The van der Waals surface area contributed by atoms with E-state index in [0.717, 1.165) is 21.6 Å². The van der Waals surface area contributed by atoms with Crippen molar-refractivity contribution in [3.8, 4) is 28.4 Å². The first kappa shape index (κ1) is 13.2. The van der Waals surface area contributed by atoms with Gasteiger partial charge in [-0.3, -0.25) is 4.98 Å². The van der Waals surface area contributed by atoms with Crippen molar-refractivity contribution in [3.05, 3.63) is 54.5 Å². The molecule has 0 aliphatic carbocycles. The molecule has 3 rings (SSSR count). The van der Waals surface area contributed by atoms with Crippen molar-refractivity contribution < 1.29 is 9.94 Å². The normalized spacial score (nSPS) is 10.6. The van der Waals surface area contributed by atoms with Crippen LogP contribution in [0.15, 0.2) is 48.8 Å². The molecule has 0 atom stereocenters. The van der Waals surface area contributed by atoms with Crippen LogP contribution >= 0.6 is 0 Å². The molecule has 106 valence electrons. The van der Waals surface area contributed by atoms with E-state index in [9.17, 15) is 5.21 Å². The molecule has 1 aromatic carbocycles. The van der Waals surface area contributed by atoms with Crippen LogP contribution in [-0.4, -0.2) is 27.0 Å². The van der Waals surface area contributed by atoms with E-state index >= 15 is 0 Å². The number of benzene rings is 1. The highest BCUT2D eigenvalue weighted by Crippen LogP contribution is 2.32. The third-order valence-corrected chi connectivity index (χ3v) is 3.31. The molecule has 0 aliphatic rings. The summed E-state index contributed by atoms with van der Waals surface area (Å²) >= 11 is 0. The van der Waals surface area contributed by atoms with Crippen molar-refractivity contribution in [1.29, 1.82) is 0 Å². The molecular weight excluding hydrogens is 266 g/mol. The average Bonchev–Trinajstić information content (AvgIpc) is 2.83. The Balaban J connectivity index is 2.19. The summed E-state index contributed by atoms with van der Waals surface area (Å²) in [6, 6.07) is 11.2. The summed E-state index contributed by atoms with van der Waals surface area (Å²) in [4.78, 5) is 8.55. The monoisotopic (exact) mass is 281 g/mol. The predicted octanol–water partition coefficient (Wildman–Crippen LogP) is 3.17. The molecular formula is C16H15N3O2. The number of para-hydroxylation sites is 1. The zero-order valence-corrected chi connectivity index (χ0v) is 11.8. The van der Waals surface area contributed by atoms with E-state index in [1.165, 1.54) is 0 Å². The predicted molar refractivity (Wildman–Crippen MR) is 79.4 cm³/mol. The Morgan fingerprint density at radius 3 is 2.67 bits per heavy atom. The average molecular weight is 281 g/mol. The summed E-state index contributed by atoms with van der Waals surface area (Å²) in [7, 11) is 1.60. The molecule has 2 heterocycles. The summed E-state index contributed by atoms with van der Waals surface area (Å²) < 4.78 is 6.42. The highest BCUT2D eigenvalue weighted by Gasteiger charge is 2.19. The number of hydrogen-bond donors (Lipinski definition) is 1. The van der Waals surface area contributed by atoms with Crippen LogP contribution in [0.3, 0.4) is 0 Å². The zero-order chi connectivity index (χ0) is 14.8. The first-order chi connectivity index (χ1) is 10.2. The number of imidazole rings is 1. The Bertz CT molecular complexity index is 766. The lowest BCUT2D eigenvalue weighted by Gasteiger charge is -2.08. The van der Waals surface area contributed by atoms with E-state index in [2.05, 4.69) is 9.97 Å². The maximum atomic E-state index is 10.5. The van der Waals surface area contributed by atoms with Crippen LogP contribution in [0.1, 0.15) is 5.69 Å². The fourth-order valence-electron chi connectivity index (χ4n) is 2.36. The molecule has 2 aromatic heterocycles. The quantitative estimate of drug-likeness (QED) is 0.749. The van der Waals surface area contributed by atoms with Gasteiger partial charge in [-0.15, -0.1) is 0 Å². The summed E-state index contributed by atoms with van der Waals surface area (Å²) in [6.07, 6.45) is 3.39. The van der Waals surface area contributed by atoms with E-state index in [4.69, 9.17) is 4.74 Å². The van der Waals surface area contributed by atoms with Crippen LogP contribution in [-0.2, 0) is 0 Å². The largest absolute Gasteiger partial charge is 0.496 e. The van der Waals surface area contributed by atoms with Gasteiger partial charge in [0, 0.05) is 18.0 Å². The van der Waals surface area contributed by atoms with Crippen molar-refractivity contribution >= 4 is 0 Å². The Labute approximate surface area is 122 Å². The molecule has 0 spiro atoms. The Morgan fingerprint density at radius 2 is 1.95 bits per heavy atom. The van der Waals surface area contributed by atoms with Crippen LogP contribution in [0.25, 0.3) is 22.6 Å². The molecule has 0 aliphatic heterocycles. The minimum atomic E-state index is 0.448. The third-order valence-electron chi connectivity index (χ3n) is 3.31. The molecule has 0 amide bonds. The molecule has 0 saturated heterocycles. The molecule has 3 aromatic rings. The molecule has 5 nitrogen and oxygen atoms in total. The van der Waals surface area contributed by atoms with Gasteiger partial charge in [-0.2, -0.15) is 4.73 Å². The van der Waals surface area contributed by atoms with Gasteiger partial charge in [-0.25, -0.2) is 4.98 Å². The van der Waals surface area contributed by atoms with Crippen LogP contribution in [0.4, 0.5) is 0 Å². The van der Waals surface area contributed by atoms with E-state index in [0.29, 0.717) is 17.3 Å². The second kappa shape index (κ2) is 5.28. The fourth-order valence-corrected chi connectivity index (χ4v) is 2.36. The standard InChI is InChI=1S/C16H15N3O2/c1-11-15(12-6-5-9-17-10-12)19(20)16(18-11)13-7-3-4-8-14(13)21-2/h3-10,20H,1-2H3. The first-order valence-corrected chi connectivity index (χ1v) is 6.54. The van der Waals surface area contributed by atoms with Gasteiger partial charge in [0.1, 0.15) is 11.4 Å². The van der Waals surface area contributed by atoms with Crippen molar-refractivity contribution in [2.75, 3.05) is 7.11 Å². The lowest BCUT2D eigenvalue weighted by atomic mass is 10.2. The number of hydrogen-bond acceptors (Lipinski definition) is 4. The summed E-state index contributed by atoms with van der Waals surface area (Å²) in [5.74, 6) is 1.11. The lowest BCUT2D eigenvalue weighted by Crippen LogP contribution is -1.99. The number of aromatic nitrogens is 3. The number of nitrogens with zero attached hydrogens (tertiary/aromatic N) is 3. The second-order valence-electron chi connectivity index (χ2n) is 4.62.